The SMILES string of the molecule is CC[C@]1(C)NC(=O)N(CC(=O)O[C@H](C)C(=O)Nc2cc(Cl)ccc2OC)C1=O. The topological polar surface area (TPSA) is 114 Å². The summed E-state index contributed by atoms with van der Waals surface area (Å²) in [7, 11) is 1.44. The van der Waals surface area contributed by atoms with Gasteiger partial charge in [0.15, 0.2) is 6.10 Å². The van der Waals surface area contributed by atoms with E-state index in [9.17, 15) is 19.2 Å². The second kappa shape index (κ2) is 8.47. The smallest absolute Gasteiger partial charge is 0.327 e. The fraction of sp³-hybridized carbons (Fsp3) is 0.444. The zero-order valence-electron chi connectivity index (χ0n) is 16.0. The van der Waals surface area contributed by atoms with Crippen LogP contribution in [-0.4, -0.2) is 54.0 Å². The van der Waals surface area contributed by atoms with E-state index in [4.69, 9.17) is 21.1 Å². The van der Waals surface area contributed by atoms with E-state index in [1.807, 2.05) is 0 Å². The summed E-state index contributed by atoms with van der Waals surface area (Å²) >= 11 is 5.91. The van der Waals surface area contributed by atoms with Crippen molar-refractivity contribution in [1.29, 1.82) is 0 Å². The van der Waals surface area contributed by atoms with E-state index >= 15 is 0 Å². The summed E-state index contributed by atoms with van der Waals surface area (Å²) in [4.78, 5) is 49.4. The summed E-state index contributed by atoms with van der Waals surface area (Å²) in [5.41, 5.74) is -0.737. The van der Waals surface area contributed by atoms with Crippen LogP contribution in [0.15, 0.2) is 18.2 Å². The third-order valence-electron chi connectivity index (χ3n) is 4.44. The molecule has 10 heteroatoms. The highest BCUT2D eigenvalue weighted by molar-refractivity contribution is 6.31. The summed E-state index contributed by atoms with van der Waals surface area (Å²) < 4.78 is 10.2. The fourth-order valence-electron chi connectivity index (χ4n) is 2.56. The van der Waals surface area contributed by atoms with Gasteiger partial charge >= 0.3 is 12.0 Å². The van der Waals surface area contributed by atoms with Crippen LogP contribution in [0, 0.1) is 0 Å². The standard InChI is InChI=1S/C18H22ClN3O6/c1-5-18(3)16(25)22(17(26)21-18)9-14(23)28-10(2)15(24)20-12-8-11(19)6-7-13(12)27-4/h6-8,10H,5,9H2,1-4H3,(H,20,24)(H,21,26)/t10-,18+/m1/s1. The summed E-state index contributed by atoms with van der Waals surface area (Å²) in [6.45, 7) is 4.11. The van der Waals surface area contributed by atoms with Gasteiger partial charge < -0.3 is 20.1 Å². The van der Waals surface area contributed by atoms with Crippen LogP contribution in [0.1, 0.15) is 27.2 Å². The lowest BCUT2D eigenvalue weighted by atomic mass is 9.99. The summed E-state index contributed by atoms with van der Waals surface area (Å²) in [6.07, 6.45) is -0.793. The van der Waals surface area contributed by atoms with E-state index in [1.165, 1.54) is 20.1 Å². The molecule has 2 N–H and O–H groups in total. The lowest BCUT2D eigenvalue weighted by molar-refractivity contribution is -0.155. The predicted octanol–water partition coefficient (Wildman–Crippen LogP) is 1.94. The van der Waals surface area contributed by atoms with Crippen LogP contribution < -0.4 is 15.4 Å². The number of benzene rings is 1. The van der Waals surface area contributed by atoms with Crippen LogP contribution in [0.5, 0.6) is 5.75 Å². The molecule has 0 aromatic heterocycles. The number of ether oxygens (including phenoxy) is 2. The molecule has 28 heavy (non-hydrogen) atoms. The highest BCUT2D eigenvalue weighted by atomic mass is 35.5. The summed E-state index contributed by atoms with van der Waals surface area (Å²) in [5, 5.41) is 5.48. The van der Waals surface area contributed by atoms with Gasteiger partial charge in [-0.05, 0) is 38.5 Å². The number of methoxy groups -OCH3 is 1. The molecule has 0 aliphatic carbocycles. The zero-order chi connectivity index (χ0) is 21.1. The van der Waals surface area contributed by atoms with Crippen LogP contribution in [0.3, 0.4) is 0 Å². The Balaban J connectivity index is 1.97. The van der Waals surface area contributed by atoms with E-state index in [2.05, 4.69) is 10.6 Å². The van der Waals surface area contributed by atoms with E-state index in [1.54, 1.807) is 26.0 Å². The van der Waals surface area contributed by atoms with Gasteiger partial charge in [-0.2, -0.15) is 0 Å². The van der Waals surface area contributed by atoms with Crippen molar-refractivity contribution in [3.05, 3.63) is 23.2 Å². The van der Waals surface area contributed by atoms with Crippen molar-refractivity contribution in [2.75, 3.05) is 19.0 Å². The molecule has 0 radical (unpaired) electrons. The van der Waals surface area contributed by atoms with E-state index in [-0.39, 0.29) is 0 Å². The van der Waals surface area contributed by atoms with Crippen LogP contribution in [0.2, 0.25) is 5.02 Å². The molecule has 0 bridgehead atoms. The van der Waals surface area contributed by atoms with Gasteiger partial charge in [-0.3, -0.25) is 19.3 Å². The van der Waals surface area contributed by atoms with Crippen molar-refractivity contribution in [1.82, 2.24) is 10.2 Å². The van der Waals surface area contributed by atoms with Gasteiger partial charge in [0.2, 0.25) is 0 Å². The number of carbonyl (C=O) groups excluding carboxylic acids is 4. The Morgan fingerprint density at radius 2 is 2.04 bits per heavy atom. The predicted molar refractivity (Wildman–Crippen MR) is 101 cm³/mol. The molecule has 1 saturated heterocycles. The highest BCUT2D eigenvalue weighted by Gasteiger charge is 2.47. The Bertz CT molecular complexity index is 815. The molecule has 152 valence electrons. The number of hydrogen-bond donors (Lipinski definition) is 2. The molecule has 1 aromatic carbocycles. The number of nitrogens with zero attached hydrogens (tertiary/aromatic N) is 1. The van der Waals surface area contributed by atoms with Crippen molar-refractivity contribution in [3.63, 3.8) is 0 Å². The second-order valence-electron chi connectivity index (χ2n) is 6.47. The molecular formula is C18H22ClN3O6. The van der Waals surface area contributed by atoms with Crippen molar-refractivity contribution in [2.24, 2.45) is 0 Å². The maximum absolute atomic E-state index is 12.3. The second-order valence-corrected chi connectivity index (χ2v) is 6.91. The molecule has 1 fully saturated rings. The molecule has 1 aliphatic heterocycles. The molecular weight excluding hydrogens is 390 g/mol. The first-order valence-corrected chi connectivity index (χ1v) is 8.97. The number of hydrogen-bond acceptors (Lipinski definition) is 6. The number of carbonyl (C=O) groups is 4. The number of imide groups is 1. The van der Waals surface area contributed by atoms with Gasteiger partial charge in [0.05, 0.1) is 12.8 Å². The normalized spacial score (nSPS) is 19.8. The number of amides is 4. The molecule has 4 amide bonds. The molecule has 0 spiro atoms. The maximum Gasteiger partial charge on any atom is 0.327 e. The van der Waals surface area contributed by atoms with Crippen molar-refractivity contribution in [2.45, 2.75) is 38.8 Å². The third kappa shape index (κ3) is 4.53. The summed E-state index contributed by atoms with van der Waals surface area (Å²) in [5.74, 6) is -1.64. The van der Waals surface area contributed by atoms with Crippen LogP contribution >= 0.6 is 11.6 Å². The Morgan fingerprint density at radius 3 is 2.61 bits per heavy atom. The molecule has 9 nitrogen and oxygen atoms in total. The minimum Gasteiger partial charge on any atom is -0.495 e. The van der Waals surface area contributed by atoms with Crippen molar-refractivity contribution in [3.8, 4) is 5.75 Å². The van der Waals surface area contributed by atoms with Gasteiger partial charge in [0.25, 0.3) is 11.8 Å². The number of anilines is 1. The number of esters is 1. The molecule has 1 aromatic rings. The monoisotopic (exact) mass is 411 g/mol. The first-order chi connectivity index (χ1) is 13.1. The maximum atomic E-state index is 12.3. The van der Waals surface area contributed by atoms with E-state index < -0.39 is 42.0 Å². The summed E-state index contributed by atoms with van der Waals surface area (Å²) in [6, 6.07) is 4.00. The first-order valence-electron chi connectivity index (χ1n) is 8.59. The zero-order valence-corrected chi connectivity index (χ0v) is 16.8. The number of urea groups is 1. The lowest BCUT2D eigenvalue weighted by Gasteiger charge is -2.19. The molecule has 1 aliphatic rings. The average molecular weight is 412 g/mol. The van der Waals surface area contributed by atoms with Crippen molar-refractivity contribution >= 4 is 41.1 Å². The van der Waals surface area contributed by atoms with Gasteiger partial charge in [0.1, 0.15) is 17.8 Å². The Labute approximate surface area is 167 Å². The number of nitrogens with one attached hydrogen (secondary N) is 2. The molecule has 0 saturated carbocycles. The molecule has 2 rings (SSSR count). The van der Waals surface area contributed by atoms with E-state index in [0.717, 1.165) is 4.90 Å². The Kier molecular flexibility index (Phi) is 6.50. The van der Waals surface area contributed by atoms with Crippen LogP contribution in [0.25, 0.3) is 0 Å². The first kappa shape index (κ1) is 21.5. The minimum absolute atomic E-state index is 0.315. The highest BCUT2D eigenvalue weighted by Crippen LogP contribution is 2.28. The fourth-order valence-corrected chi connectivity index (χ4v) is 2.73. The minimum atomic E-state index is -1.17. The van der Waals surface area contributed by atoms with Gasteiger partial charge in [-0.1, -0.05) is 18.5 Å². The molecule has 1 heterocycles. The quantitative estimate of drug-likeness (QED) is 0.523. The number of rotatable bonds is 7. The van der Waals surface area contributed by atoms with Gasteiger partial charge in [0, 0.05) is 5.02 Å². The largest absolute Gasteiger partial charge is 0.495 e. The Hall–Kier alpha value is -2.81. The average Bonchev–Trinajstić information content (AvgIpc) is 2.85. The Morgan fingerprint density at radius 1 is 1.36 bits per heavy atom. The van der Waals surface area contributed by atoms with Crippen LogP contribution in [0.4, 0.5) is 10.5 Å². The molecule has 0 unspecified atom stereocenters. The van der Waals surface area contributed by atoms with Gasteiger partial charge in [-0.15, -0.1) is 0 Å². The molecule has 2 atom stereocenters. The number of halogens is 1. The van der Waals surface area contributed by atoms with Crippen LogP contribution in [-0.2, 0) is 19.1 Å². The van der Waals surface area contributed by atoms with E-state index in [0.29, 0.717) is 22.9 Å². The van der Waals surface area contributed by atoms with Crippen molar-refractivity contribution < 1.29 is 28.7 Å². The third-order valence-corrected chi connectivity index (χ3v) is 4.67. The van der Waals surface area contributed by atoms with Gasteiger partial charge in [-0.25, -0.2) is 4.79 Å². The lowest BCUT2D eigenvalue weighted by Crippen LogP contribution is -2.44.